The Morgan fingerprint density at radius 1 is 1.04 bits per heavy atom. The molecule has 0 unspecified atom stereocenters. The lowest BCUT2D eigenvalue weighted by Gasteiger charge is -2.34. The molecule has 0 aromatic heterocycles. The number of nitrogens with zero attached hydrogens (tertiary/aromatic N) is 4. The summed E-state index contributed by atoms with van der Waals surface area (Å²) < 4.78 is 25.7. The lowest BCUT2D eigenvalue weighted by Crippen LogP contribution is -2.49. The second-order valence-corrected chi connectivity index (χ2v) is 8.72. The second-order valence-electron chi connectivity index (χ2n) is 6.81. The van der Waals surface area contributed by atoms with Crippen LogP contribution in [0.5, 0.6) is 0 Å². The molecule has 8 heteroatoms. The van der Waals surface area contributed by atoms with Crippen LogP contribution in [0.4, 0.5) is 11.4 Å². The molecule has 0 radical (unpaired) electrons. The van der Waals surface area contributed by atoms with Gasteiger partial charge in [0, 0.05) is 58.9 Å². The van der Waals surface area contributed by atoms with Crippen molar-refractivity contribution in [1.82, 2.24) is 9.80 Å². The van der Waals surface area contributed by atoms with Gasteiger partial charge < -0.3 is 14.7 Å². The number of likely N-dealkylation sites (N-methyl/N-ethyl adjacent to an activating group) is 1. The summed E-state index contributed by atoms with van der Waals surface area (Å²) in [7, 11) is 0.412. The first kappa shape index (κ1) is 20.5. The van der Waals surface area contributed by atoms with Crippen LogP contribution in [0.15, 0.2) is 24.3 Å². The highest BCUT2D eigenvalue weighted by atomic mass is 32.2. The lowest BCUT2D eigenvalue weighted by atomic mass is 10.2. The molecule has 0 saturated carbocycles. The van der Waals surface area contributed by atoms with E-state index in [2.05, 4.69) is 11.8 Å². The van der Waals surface area contributed by atoms with E-state index < -0.39 is 10.0 Å². The fourth-order valence-corrected chi connectivity index (χ4v) is 4.00. The van der Waals surface area contributed by atoms with Gasteiger partial charge in [-0.2, -0.15) is 0 Å². The van der Waals surface area contributed by atoms with Gasteiger partial charge in [-0.1, -0.05) is 6.92 Å². The molecule has 1 aliphatic rings. The predicted molar refractivity (Wildman–Crippen MR) is 106 cm³/mol. The zero-order chi connectivity index (χ0) is 19.3. The van der Waals surface area contributed by atoms with Crippen LogP contribution >= 0.6 is 0 Å². The molecule has 0 N–H and O–H groups in total. The van der Waals surface area contributed by atoms with E-state index in [0.29, 0.717) is 18.8 Å². The summed E-state index contributed by atoms with van der Waals surface area (Å²) >= 11 is 0. The van der Waals surface area contributed by atoms with Crippen molar-refractivity contribution >= 4 is 27.3 Å². The van der Waals surface area contributed by atoms with E-state index in [9.17, 15) is 13.2 Å². The highest BCUT2D eigenvalue weighted by molar-refractivity contribution is 7.92. The molecule has 1 saturated heterocycles. The standard InChI is InChI=1S/C18H30N4O3S/c1-5-20-12-14-21(15-13-20)18(23)10-11-22(26(4,24)25)17-8-6-16(7-9-17)19(2)3/h6-9H,5,10-15H2,1-4H3. The number of carbonyl (C=O) groups excluding carboxylic acids is 1. The van der Waals surface area contributed by atoms with Crippen molar-refractivity contribution in [2.45, 2.75) is 13.3 Å². The number of hydrogen-bond donors (Lipinski definition) is 0. The monoisotopic (exact) mass is 382 g/mol. The third-order valence-corrected chi connectivity index (χ3v) is 5.95. The summed E-state index contributed by atoms with van der Waals surface area (Å²) in [6.07, 6.45) is 1.37. The molecule has 7 nitrogen and oxygen atoms in total. The molecule has 1 fully saturated rings. The minimum Gasteiger partial charge on any atom is -0.378 e. The van der Waals surface area contributed by atoms with Gasteiger partial charge in [-0.05, 0) is 30.8 Å². The molecule has 1 aliphatic heterocycles. The number of hydrogen-bond acceptors (Lipinski definition) is 5. The van der Waals surface area contributed by atoms with Gasteiger partial charge in [0.1, 0.15) is 0 Å². The maximum atomic E-state index is 12.5. The molecule has 1 aromatic carbocycles. The summed E-state index contributed by atoms with van der Waals surface area (Å²) in [5, 5.41) is 0. The van der Waals surface area contributed by atoms with Gasteiger partial charge in [-0.25, -0.2) is 8.42 Å². The Morgan fingerprint density at radius 2 is 1.58 bits per heavy atom. The Kier molecular flexibility index (Phi) is 6.88. The van der Waals surface area contributed by atoms with Crippen LogP contribution in [0.2, 0.25) is 0 Å². The molecule has 0 spiro atoms. The van der Waals surface area contributed by atoms with Crippen molar-refractivity contribution in [3.8, 4) is 0 Å². The maximum Gasteiger partial charge on any atom is 0.232 e. The van der Waals surface area contributed by atoms with Crippen LogP contribution < -0.4 is 9.21 Å². The first-order valence-electron chi connectivity index (χ1n) is 8.97. The quantitative estimate of drug-likeness (QED) is 0.706. The molecule has 0 bridgehead atoms. The normalized spacial score (nSPS) is 15.8. The Bertz CT molecular complexity index is 696. The van der Waals surface area contributed by atoms with Crippen LogP contribution in [0.25, 0.3) is 0 Å². The van der Waals surface area contributed by atoms with Gasteiger partial charge in [-0.15, -0.1) is 0 Å². The van der Waals surface area contributed by atoms with Crippen LogP contribution in [-0.2, 0) is 14.8 Å². The van der Waals surface area contributed by atoms with Gasteiger partial charge >= 0.3 is 0 Å². The van der Waals surface area contributed by atoms with Gasteiger partial charge in [0.25, 0.3) is 0 Å². The third-order valence-electron chi connectivity index (χ3n) is 4.76. The predicted octanol–water partition coefficient (Wildman–Crippen LogP) is 1.07. The van der Waals surface area contributed by atoms with E-state index in [4.69, 9.17) is 0 Å². The molecule has 1 heterocycles. The highest BCUT2D eigenvalue weighted by Gasteiger charge is 2.23. The Morgan fingerprint density at radius 3 is 2.04 bits per heavy atom. The van der Waals surface area contributed by atoms with E-state index in [0.717, 1.165) is 25.3 Å². The number of piperazine rings is 1. The topological polar surface area (TPSA) is 64.2 Å². The van der Waals surface area contributed by atoms with Crippen molar-refractivity contribution in [2.75, 3.05) is 68.8 Å². The highest BCUT2D eigenvalue weighted by Crippen LogP contribution is 2.22. The molecular formula is C18H30N4O3S. The molecule has 146 valence electrons. The fourth-order valence-electron chi connectivity index (χ4n) is 3.07. The lowest BCUT2D eigenvalue weighted by molar-refractivity contribution is -0.132. The van der Waals surface area contributed by atoms with E-state index in [1.54, 1.807) is 12.1 Å². The average molecular weight is 383 g/mol. The first-order valence-corrected chi connectivity index (χ1v) is 10.8. The van der Waals surface area contributed by atoms with Crippen molar-refractivity contribution in [2.24, 2.45) is 0 Å². The SMILES string of the molecule is CCN1CCN(C(=O)CCN(c2ccc(N(C)C)cc2)S(C)(=O)=O)CC1. The average Bonchev–Trinajstić information content (AvgIpc) is 2.61. The number of amides is 1. The first-order chi connectivity index (χ1) is 12.2. The van der Waals surface area contributed by atoms with E-state index in [-0.39, 0.29) is 18.9 Å². The van der Waals surface area contributed by atoms with Crippen molar-refractivity contribution in [3.63, 3.8) is 0 Å². The van der Waals surface area contributed by atoms with E-state index in [1.165, 1.54) is 10.6 Å². The smallest absolute Gasteiger partial charge is 0.232 e. The molecule has 0 aliphatic carbocycles. The van der Waals surface area contributed by atoms with Crippen molar-refractivity contribution < 1.29 is 13.2 Å². The fraction of sp³-hybridized carbons (Fsp3) is 0.611. The number of rotatable bonds is 7. The number of benzene rings is 1. The Balaban J connectivity index is 2.01. The van der Waals surface area contributed by atoms with Gasteiger partial charge in [-0.3, -0.25) is 9.10 Å². The summed E-state index contributed by atoms with van der Waals surface area (Å²) in [6.45, 7) is 6.45. The van der Waals surface area contributed by atoms with Crippen LogP contribution in [0.3, 0.4) is 0 Å². The number of carbonyl (C=O) groups is 1. The zero-order valence-corrected chi connectivity index (χ0v) is 17.0. The minimum atomic E-state index is -3.45. The molecule has 1 aromatic rings. The summed E-state index contributed by atoms with van der Waals surface area (Å²) in [6, 6.07) is 7.31. The van der Waals surface area contributed by atoms with Gasteiger partial charge in [0.15, 0.2) is 0 Å². The summed E-state index contributed by atoms with van der Waals surface area (Å²) in [5.41, 5.74) is 1.58. The molecule has 1 amide bonds. The Hall–Kier alpha value is -1.80. The minimum absolute atomic E-state index is 0.0133. The van der Waals surface area contributed by atoms with Crippen molar-refractivity contribution in [3.05, 3.63) is 24.3 Å². The van der Waals surface area contributed by atoms with Crippen molar-refractivity contribution in [1.29, 1.82) is 0 Å². The zero-order valence-electron chi connectivity index (χ0n) is 16.2. The summed E-state index contributed by atoms with van der Waals surface area (Å²) in [5.74, 6) is 0.0133. The second kappa shape index (κ2) is 8.73. The van der Waals surface area contributed by atoms with Gasteiger partial charge in [0.05, 0.1) is 11.9 Å². The van der Waals surface area contributed by atoms with E-state index in [1.807, 2.05) is 36.0 Å². The number of anilines is 2. The molecule has 26 heavy (non-hydrogen) atoms. The van der Waals surface area contributed by atoms with Crippen LogP contribution in [0.1, 0.15) is 13.3 Å². The van der Waals surface area contributed by atoms with Crippen LogP contribution in [-0.4, -0.2) is 83.7 Å². The van der Waals surface area contributed by atoms with Crippen LogP contribution in [0, 0.1) is 0 Å². The summed E-state index contributed by atoms with van der Waals surface area (Å²) in [4.78, 5) is 18.6. The Labute approximate surface area is 157 Å². The van der Waals surface area contributed by atoms with Gasteiger partial charge in [0.2, 0.25) is 15.9 Å². The maximum absolute atomic E-state index is 12.5. The number of sulfonamides is 1. The third kappa shape index (κ3) is 5.35. The van der Waals surface area contributed by atoms with E-state index >= 15 is 0 Å². The largest absolute Gasteiger partial charge is 0.378 e. The molecule has 0 atom stereocenters. The molecule has 2 rings (SSSR count). The molecular weight excluding hydrogens is 352 g/mol.